The molecule has 0 saturated heterocycles. The van der Waals surface area contributed by atoms with Crippen LogP contribution in [0.5, 0.6) is 10.3 Å². The van der Waals surface area contributed by atoms with E-state index in [0.29, 0.717) is 16.7 Å². The third kappa shape index (κ3) is 2.79. The average molecular weight is 249 g/mol. The van der Waals surface area contributed by atoms with Crippen LogP contribution in [0.3, 0.4) is 0 Å². The monoisotopic (exact) mass is 249 g/mol. The van der Waals surface area contributed by atoms with E-state index in [9.17, 15) is 5.11 Å². The van der Waals surface area contributed by atoms with Crippen LogP contribution < -0.4 is 4.74 Å². The van der Waals surface area contributed by atoms with Crippen LogP contribution in [0.25, 0.3) is 0 Å². The first kappa shape index (κ1) is 11.5. The first-order valence-corrected chi connectivity index (χ1v) is 5.71. The Bertz CT molecular complexity index is 551. The van der Waals surface area contributed by atoms with Crippen LogP contribution in [0.15, 0.2) is 23.3 Å². The second-order valence-corrected chi connectivity index (χ2v) is 4.26. The van der Waals surface area contributed by atoms with E-state index in [1.807, 2.05) is 19.1 Å². The zero-order valence-corrected chi connectivity index (χ0v) is 10.2. The van der Waals surface area contributed by atoms with Gasteiger partial charge in [-0.15, -0.1) is 0 Å². The molecule has 2 rings (SSSR count). The van der Waals surface area contributed by atoms with Crippen molar-refractivity contribution in [2.75, 3.05) is 7.11 Å². The van der Waals surface area contributed by atoms with Crippen molar-refractivity contribution in [1.29, 1.82) is 0 Å². The van der Waals surface area contributed by atoms with Gasteiger partial charge < -0.3 is 9.84 Å². The van der Waals surface area contributed by atoms with Crippen LogP contribution in [0.2, 0.25) is 0 Å². The topological polar surface area (TPSA) is 67.6 Å². The second-order valence-electron chi connectivity index (χ2n) is 3.32. The van der Waals surface area contributed by atoms with E-state index >= 15 is 0 Å². The van der Waals surface area contributed by atoms with Gasteiger partial charge in [-0.1, -0.05) is 0 Å². The van der Waals surface area contributed by atoms with Crippen molar-refractivity contribution in [3.8, 4) is 10.3 Å². The van der Waals surface area contributed by atoms with Gasteiger partial charge >= 0.3 is 0 Å². The molecule has 1 N–H and O–H groups in total. The van der Waals surface area contributed by atoms with E-state index in [1.54, 1.807) is 6.20 Å². The van der Waals surface area contributed by atoms with E-state index in [1.165, 1.54) is 13.3 Å². The van der Waals surface area contributed by atoms with Crippen molar-refractivity contribution in [2.24, 2.45) is 4.99 Å². The highest BCUT2D eigenvalue weighted by Gasteiger charge is 2.07. The number of thiazole rings is 1. The minimum Gasteiger partial charge on any atom is -0.498 e. The SMILES string of the molecule is COc1nc(C=Nc2cc(C)ccn2)c(O)s1. The lowest BCUT2D eigenvalue weighted by molar-refractivity contribution is 0.411. The van der Waals surface area contributed by atoms with Crippen molar-refractivity contribution in [3.05, 3.63) is 29.6 Å². The average Bonchev–Trinajstić information content (AvgIpc) is 2.68. The van der Waals surface area contributed by atoms with Crippen molar-refractivity contribution < 1.29 is 9.84 Å². The van der Waals surface area contributed by atoms with Crippen LogP contribution in [0.4, 0.5) is 5.82 Å². The summed E-state index contributed by atoms with van der Waals surface area (Å²) in [4.78, 5) is 12.2. The molecule has 0 radical (unpaired) electrons. The number of nitrogens with zero attached hydrogens (tertiary/aromatic N) is 3. The fourth-order valence-electron chi connectivity index (χ4n) is 1.19. The predicted molar refractivity (Wildman–Crippen MR) is 66.6 cm³/mol. The quantitative estimate of drug-likeness (QED) is 0.847. The Morgan fingerprint density at radius 3 is 3.00 bits per heavy atom. The Hall–Kier alpha value is -1.95. The maximum Gasteiger partial charge on any atom is 0.277 e. The van der Waals surface area contributed by atoms with Gasteiger partial charge in [-0.25, -0.2) is 9.98 Å². The summed E-state index contributed by atoms with van der Waals surface area (Å²) < 4.78 is 4.92. The standard InChI is InChI=1S/C11H11N3O2S/c1-7-3-4-12-9(5-7)13-6-8-10(15)17-11(14-8)16-2/h3-6,15H,1-2H3. The lowest BCUT2D eigenvalue weighted by Crippen LogP contribution is -1.85. The predicted octanol–water partition coefficient (Wildman–Crippen LogP) is 2.31. The Morgan fingerprint density at radius 2 is 2.35 bits per heavy atom. The minimum atomic E-state index is 0.0817. The van der Waals surface area contributed by atoms with Crippen LogP contribution in [0.1, 0.15) is 11.3 Å². The van der Waals surface area contributed by atoms with Crippen LogP contribution in [-0.2, 0) is 0 Å². The molecule has 0 amide bonds. The smallest absolute Gasteiger partial charge is 0.277 e. The summed E-state index contributed by atoms with van der Waals surface area (Å²) in [7, 11) is 1.50. The third-order valence-corrected chi connectivity index (χ3v) is 2.84. The second kappa shape index (κ2) is 4.92. The highest BCUT2D eigenvalue weighted by Crippen LogP contribution is 2.29. The zero-order valence-electron chi connectivity index (χ0n) is 9.41. The molecule has 0 aliphatic heterocycles. The summed E-state index contributed by atoms with van der Waals surface area (Å²) in [5, 5.41) is 10.0. The molecule has 0 aliphatic carbocycles. The Labute approximate surface area is 102 Å². The maximum absolute atomic E-state index is 9.56. The maximum atomic E-state index is 9.56. The molecule has 2 aromatic heterocycles. The number of methoxy groups -OCH3 is 1. The van der Waals surface area contributed by atoms with Gasteiger partial charge in [0, 0.05) is 6.20 Å². The molecular formula is C11H11N3O2S. The summed E-state index contributed by atoms with van der Waals surface area (Å²) in [6, 6.07) is 3.74. The number of aliphatic imine (C=N–C) groups is 1. The van der Waals surface area contributed by atoms with E-state index in [0.717, 1.165) is 16.9 Å². The van der Waals surface area contributed by atoms with Crippen molar-refractivity contribution in [3.63, 3.8) is 0 Å². The molecule has 5 nitrogen and oxygen atoms in total. The van der Waals surface area contributed by atoms with Crippen molar-refractivity contribution in [2.45, 2.75) is 6.92 Å². The molecule has 0 unspecified atom stereocenters. The highest BCUT2D eigenvalue weighted by molar-refractivity contribution is 7.15. The van der Waals surface area contributed by atoms with E-state index in [-0.39, 0.29) is 5.06 Å². The Morgan fingerprint density at radius 1 is 1.53 bits per heavy atom. The van der Waals surface area contributed by atoms with Crippen LogP contribution in [0, 0.1) is 6.92 Å². The van der Waals surface area contributed by atoms with Gasteiger partial charge in [0.1, 0.15) is 5.69 Å². The number of aryl methyl sites for hydroxylation is 1. The fraction of sp³-hybridized carbons (Fsp3) is 0.182. The molecule has 0 bridgehead atoms. The fourth-order valence-corrected chi connectivity index (χ4v) is 1.79. The lowest BCUT2D eigenvalue weighted by Gasteiger charge is -1.93. The van der Waals surface area contributed by atoms with Crippen molar-refractivity contribution in [1.82, 2.24) is 9.97 Å². The molecule has 0 spiro atoms. The van der Waals surface area contributed by atoms with Crippen LogP contribution in [-0.4, -0.2) is 28.4 Å². The largest absolute Gasteiger partial charge is 0.498 e. The molecule has 17 heavy (non-hydrogen) atoms. The molecule has 0 aliphatic rings. The molecule has 2 aromatic rings. The van der Waals surface area contributed by atoms with E-state index in [2.05, 4.69) is 15.0 Å². The molecule has 0 aromatic carbocycles. The summed E-state index contributed by atoms with van der Waals surface area (Å²) >= 11 is 1.06. The number of ether oxygens (including phenoxy) is 1. The Balaban J connectivity index is 2.22. The first-order valence-electron chi connectivity index (χ1n) is 4.89. The number of rotatable bonds is 3. The van der Waals surface area contributed by atoms with Crippen LogP contribution >= 0.6 is 11.3 Å². The minimum absolute atomic E-state index is 0.0817. The number of hydrogen-bond acceptors (Lipinski definition) is 6. The molecular weight excluding hydrogens is 238 g/mol. The molecule has 6 heteroatoms. The summed E-state index contributed by atoms with van der Waals surface area (Å²) in [6.07, 6.45) is 3.15. The molecule has 88 valence electrons. The molecule has 0 fully saturated rings. The lowest BCUT2D eigenvalue weighted by atomic mass is 10.3. The third-order valence-electron chi connectivity index (χ3n) is 2.01. The van der Waals surface area contributed by atoms with Gasteiger partial charge in [0.25, 0.3) is 5.19 Å². The van der Waals surface area contributed by atoms with Gasteiger partial charge in [-0.3, -0.25) is 0 Å². The van der Waals surface area contributed by atoms with E-state index < -0.39 is 0 Å². The Kier molecular flexibility index (Phi) is 3.34. The van der Waals surface area contributed by atoms with Gasteiger partial charge in [-0.05, 0) is 36.0 Å². The highest BCUT2D eigenvalue weighted by atomic mass is 32.1. The first-order chi connectivity index (χ1) is 8.19. The van der Waals surface area contributed by atoms with Gasteiger partial charge in [-0.2, -0.15) is 4.98 Å². The summed E-state index contributed by atoms with van der Waals surface area (Å²) in [6.45, 7) is 1.96. The molecule has 2 heterocycles. The summed E-state index contributed by atoms with van der Waals surface area (Å²) in [5.41, 5.74) is 1.46. The van der Waals surface area contributed by atoms with Gasteiger partial charge in [0.2, 0.25) is 5.06 Å². The number of pyridine rings is 1. The van der Waals surface area contributed by atoms with Gasteiger partial charge in [0.05, 0.1) is 13.3 Å². The van der Waals surface area contributed by atoms with Gasteiger partial charge in [0.15, 0.2) is 5.82 Å². The van der Waals surface area contributed by atoms with E-state index in [4.69, 9.17) is 4.74 Å². The molecule has 0 atom stereocenters. The summed E-state index contributed by atoms with van der Waals surface area (Å²) in [5.74, 6) is 0.580. The van der Waals surface area contributed by atoms with Crippen molar-refractivity contribution >= 4 is 23.4 Å². The number of aromatic nitrogens is 2. The molecule has 0 saturated carbocycles. The normalized spacial score (nSPS) is 10.9. The number of hydrogen-bond donors (Lipinski definition) is 1. The number of aromatic hydroxyl groups is 1. The zero-order chi connectivity index (χ0) is 12.3.